The topological polar surface area (TPSA) is 35.5 Å². The lowest BCUT2D eigenvalue weighted by Gasteiger charge is -2.40. The first-order chi connectivity index (χ1) is 11.1. The molecule has 1 heterocycles. The molecule has 0 bridgehead atoms. The molecule has 1 aliphatic heterocycles. The lowest BCUT2D eigenvalue weighted by molar-refractivity contribution is -0.0128. The minimum absolute atomic E-state index is 0.157. The summed E-state index contributed by atoms with van der Waals surface area (Å²) in [5, 5.41) is 14.7. The predicted molar refractivity (Wildman–Crippen MR) is 98.7 cm³/mol. The molecule has 0 spiro atoms. The fraction of sp³-hybridized carbons (Fsp3) is 0.600. The van der Waals surface area contributed by atoms with Gasteiger partial charge in [0.2, 0.25) is 0 Å². The summed E-state index contributed by atoms with van der Waals surface area (Å²) in [7, 11) is 0. The molecule has 1 aromatic carbocycles. The molecule has 3 nitrogen and oxygen atoms in total. The molecule has 23 heavy (non-hydrogen) atoms. The normalized spacial score (nSPS) is 20.0. The molecule has 1 aliphatic rings. The van der Waals surface area contributed by atoms with E-state index in [2.05, 4.69) is 54.9 Å². The second-order valence-electron chi connectivity index (χ2n) is 6.68. The molecular weight excluding hydrogens is 284 g/mol. The van der Waals surface area contributed by atoms with E-state index in [1.807, 2.05) is 6.08 Å². The van der Waals surface area contributed by atoms with Crippen molar-refractivity contribution in [2.75, 3.05) is 32.7 Å². The maximum atomic E-state index is 11.3. The summed E-state index contributed by atoms with van der Waals surface area (Å²) >= 11 is 0. The van der Waals surface area contributed by atoms with E-state index in [-0.39, 0.29) is 5.92 Å². The van der Waals surface area contributed by atoms with Gasteiger partial charge in [-0.1, -0.05) is 57.2 Å². The van der Waals surface area contributed by atoms with Crippen molar-refractivity contribution in [1.29, 1.82) is 0 Å². The molecule has 1 aromatic rings. The second-order valence-corrected chi connectivity index (χ2v) is 6.68. The summed E-state index contributed by atoms with van der Waals surface area (Å²) in [5.74, 6) is 0.157. The highest BCUT2D eigenvalue weighted by molar-refractivity contribution is 5.47. The molecule has 128 valence electrons. The molecule has 0 aliphatic carbocycles. The SMILES string of the molecule is C=Cc1ccc(C(CN2CCNCC2)C(O)(CC)CCC)cc1. The summed E-state index contributed by atoms with van der Waals surface area (Å²) < 4.78 is 0. The van der Waals surface area contributed by atoms with Crippen LogP contribution in [0.25, 0.3) is 6.08 Å². The van der Waals surface area contributed by atoms with Crippen molar-refractivity contribution in [2.45, 2.75) is 44.6 Å². The quantitative estimate of drug-likeness (QED) is 0.773. The van der Waals surface area contributed by atoms with E-state index < -0.39 is 5.60 Å². The number of aliphatic hydroxyl groups is 1. The highest BCUT2D eigenvalue weighted by Crippen LogP contribution is 2.36. The van der Waals surface area contributed by atoms with Gasteiger partial charge >= 0.3 is 0 Å². The monoisotopic (exact) mass is 316 g/mol. The van der Waals surface area contributed by atoms with Crippen LogP contribution in [0.4, 0.5) is 0 Å². The molecule has 0 amide bonds. The average Bonchev–Trinajstić information content (AvgIpc) is 2.61. The molecule has 2 N–H and O–H groups in total. The van der Waals surface area contributed by atoms with Crippen LogP contribution in [-0.2, 0) is 0 Å². The van der Waals surface area contributed by atoms with E-state index >= 15 is 0 Å². The Morgan fingerprint density at radius 2 is 1.91 bits per heavy atom. The summed E-state index contributed by atoms with van der Waals surface area (Å²) in [5.41, 5.74) is 1.74. The van der Waals surface area contributed by atoms with E-state index in [0.717, 1.165) is 57.5 Å². The highest BCUT2D eigenvalue weighted by Gasteiger charge is 2.36. The number of hydrogen-bond acceptors (Lipinski definition) is 3. The van der Waals surface area contributed by atoms with Crippen LogP contribution < -0.4 is 5.32 Å². The first-order valence-electron chi connectivity index (χ1n) is 9.00. The third-order valence-corrected chi connectivity index (χ3v) is 5.17. The van der Waals surface area contributed by atoms with Gasteiger partial charge in [-0.25, -0.2) is 0 Å². The van der Waals surface area contributed by atoms with Crippen LogP contribution in [-0.4, -0.2) is 48.3 Å². The van der Waals surface area contributed by atoms with Crippen molar-refractivity contribution < 1.29 is 5.11 Å². The first-order valence-corrected chi connectivity index (χ1v) is 9.00. The van der Waals surface area contributed by atoms with Gasteiger partial charge < -0.3 is 15.3 Å². The van der Waals surface area contributed by atoms with Crippen LogP contribution in [0.15, 0.2) is 30.8 Å². The van der Waals surface area contributed by atoms with Crippen LogP contribution in [0, 0.1) is 0 Å². The smallest absolute Gasteiger partial charge is 0.0725 e. The molecule has 3 heteroatoms. The Morgan fingerprint density at radius 1 is 1.26 bits per heavy atom. The number of hydrogen-bond donors (Lipinski definition) is 2. The van der Waals surface area contributed by atoms with E-state index in [0.29, 0.717) is 0 Å². The number of piperazine rings is 1. The van der Waals surface area contributed by atoms with Gasteiger partial charge in [-0.2, -0.15) is 0 Å². The van der Waals surface area contributed by atoms with Gasteiger partial charge in [0.05, 0.1) is 5.60 Å². The Bertz CT molecular complexity index is 479. The van der Waals surface area contributed by atoms with Gasteiger partial charge in [-0.3, -0.25) is 0 Å². The lowest BCUT2D eigenvalue weighted by atomic mass is 9.77. The average molecular weight is 316 g/mol. The van der Waals surface area contributed by atoms with Gasteiger partial charge in [0.25, 0.3) is 0 Å². The Kier molecular flexibility index (Phi) is 6.82. The van der Waals surface area contributed by atoms with E-state index in [1.165, 1.54) is 5.56 Å². The fourth-order valence-corrected chi connectivity index (χ4v) is 3.63. The first kappa shape index (κ1) is 18.2. The second kappa shape index (κ2) is 8.62. The Hall–Kier alpha value is -1.16. The Balaban J connectivity index is 2.26. The van der Waals surface area contributed by atoms with Gasteiger partial charge in [0, 0.05) is 38.6 Å². The van der Waals surface area contributed by atoms with Crippen molar-refractivity contribution in [3.8, 4) is 0 Å². The molecule has 2 rings (SSSR count). The van der Waals surface area contributed by atoms with Crippen molar-refractivity contribution in [2.24, 2.45) is 0 Å². The summed E-state index contributed by atoms with van der Waals surface area (Å²) in [6.07, 6.45) is 4.52. The number of nitrogens with zero attached hydrogens (tertiary/aromatic N) is 1. The minimum atomic E-state index is -0.630. The van der Waals surface area contributed by atoms with Gasteiger partial charge in [-0.15, -0.1) is 0 Å². The molecular formula is C20H32N2O. The van der Waals surface area contributed by atoms with E-state index in [1.54, 1.807) is 0 Å². The zero-order chi connectivity index (χ0) is 16.7. The fourth-order valence-electron chi connectivity index (χ4n) is 3.63. The van der Waals surface area contributed by atoms with E-state index in [4.69, 9.17) is 0 Å². The molecule has 1 fully saturated rings. The van der Waals surface area contributed by atoms with Crippen LogP contribution >= 0.6 is 0 Å². The molecule has 0 saturated carbocycles. The van der Waals surface area contributed by atoms with E-state index in [9.17, 15) is 5.11 Å². The number of benzene rings is 1. The maximum Gasteiger partial charge on any atom is 0.0725 e. The maximum absolute atomic E-state index is 11.3. The summed E-state index contributed by atoms with van der Waals surface area (Å²) in [6.45, 7) is 13.2. The molecule has 0 aromatic heterocycles. The third-order valence-electron chi connectivity index (χ3n) is 5.17. The number of nitrogens with one attached hydrogen (secondary N) is 1. The largest absolute Gasteiger partial charge is 0.389 e. The lowest BCUT2D eigenvalue weighted by Crippen LogP contribution is -2.49. The standard InChI is InChI=1S/C20H32N2O/c1-4-11-20(23,6-3)19(16-22-14-12-21-13-15-22)18-9-7-17(5-2)8-10-18/h5,7-10,19,21,23H,2,4,6,11-16H2,1,3H3. The van der Waals surface area contributed by atoms with Gasteiger partial charge in [0.1, 0.15) is 0 Å². The van der Waals surface area contributed by atoms with Gasteiger partial charge in [0.15, 0.2) is 0 Å². The molecule has 0 radical (unpaired) electrons. The van der Waals surface area contributed by atoms with Crippen molar-refractivity contribution >= 4 is 6.08 Å². The van der Waals surface area contributed by atoms with Crippen molar-refractivity contribution in [1.82, 2.24) is 10.2 Å². The van der Waals surface area contributed by atoms with Gasteiger partial charge in [-0.05, 0) is 24.0 Å². The van der Waals surface area contributed by atoms with Crippen LogP contribution in [0.2, 0.25) is 0 Å². The highest BCUT2D eigenvalue weighted by atomic mass is 16.3. The predicted octanol–water partition coefficient (Wildman–Crippen LogP) is 3.26. The zero-order valence-corrected chi connectivity index (χ0v) is 14.7. The Labute approximate surface area is 141 Å². The molecule has 2 atom stereocenters. The minimum Gasteiger partial charge on any atom is -0.389 e. The van der Waals surface area contributed by atoms with Crippen molar-refractivity contribution in [3.05, 3.63) is 42.0 Å². The van der Waals surface area contributed by atoms with Crippen molar-refractivity contribution in [3.63, 3.8) is 0 Å². The van der Waals surface area contributed by atoms with Crippen LogP contribution in [0.3, 0.4) is 0 Å². The van der Waals surface area contributed by atoms with Crippen LogP contribution in [0.5, 0.6) is 0 Å². The van der Waals surface area contributed by atoms with Crippen LogP contribution in [0.1, 0.15) is 50.2 Å². The summed E-state index contributed by atoms with van der Waals surface area (Å²) in [4.78, 5) is 2.48. The summed E-state index contributed by atoms with van der Waals surface area (Å²) in [6, 6.07) is 8.55. The number of rotatable bonds is 8. The Morgan fingerprint density at radius 3 is 2.43 bits per heavy atom. The molecule has 2 unspecified atom stereocenters. The third kappa shape index (κ3) is 4.66. The molecule has 1 saturated heterocycles. The zero-order valence-electron chi connectivity index (χ0n) is 14.7.